The van der Waals surface area contributed by atoms with E-state index in [0.717, 1.165) is 41.4 Å². The lowest BCUT2D eigenvalue weighted by molar-refractivity contribution is -0.173. The largest absolute Gasteiger partial charge is 0.381 e. The zero-order valence-corrected chi connectivity index (χ0v) is 20.5. The van der Waals surface area contributed by atoms with E-state index >= 15 is 0 Å². The average Bonchev–Trinajstić information content (AvgIpc) is 3.04. The summed E-state index contributed by atoms with van der Waals surface area (Å²) in [4.78, 5) is 0. The van der Waals surface area contributed by atoms with Crippen molar-refractivity contribution in [1.29, 1.82) is 0 Å². The molecule has 1 heteroatoms. The van der Waals surface area contributed by atoms with Gasteiger partial charge in [-0.15, -0.1) is 0 Å². The van der Waals surface area contributed by atoms with Gasteiger partial charge < -0.3 is 4.74 Å². The van der Waals surface area contributed by atoms with Crippen LogP contribution in [0.3, 0.4) is 0 Å². The molecule has 9 atom stereocenters. The van der Waals surface area contributed by atoms with E-state index in [-0.39, 0.29) is 0 Å². The van der Waals surface area contributed by atoms with Crippen LogP contribution in [0.15, 0.2) is 0 Å². The first-order chi connectivity index (χ1) is 13.8. The predicted molar refractivity (Wildman–Crippen MR) is 124 cm³/mol. The van der Waals surface area contributed by atoms with Crippen LogP contribution in [0.4, 0.5) is 0 Å². The molecule has 0 aromatic carbocycles. The quantitative estimate of drug-likeness (QED) is 0.436. The van der Waals surface area contributed by atoms with Gasteiger partial charge in [-0.3, -0.25) is 0 Å². The van der Waals surface area contributed by atoms with Gasteiger partial charge in [-0.1, -0.05) is 60.3 Å². The van der Waals surface area contributed by atoms with Gasteiger partial charge in [0.2, 0.25) is 0 Å². The Kier molecular flexibility index (Phi) is 6.48. The van der Waals surface area contributed by atoms with Gasteiger partial charge >= 0.3 is 0 Å². The molecule has 4 rings (SSSR count). The molecule has 0 amide bonds. The molecule has 0 spiro atoms. The maximum Gasteiger partial charge on any atom is 0.0630 e. The lowest BCUT2D eigenvalue weighted by Gasteiger charge is -2.62. The van der Waals surface area contributed by atoms with Gasteiger partial charge in [0.05, 0.1) is 6.10 Å². The van der Waals surface area contributed by atoms with Crippen LogP contribution in [-0.4, -0.2) is 13.2 Å². The molecule has 4 fully saturated rings. The second-order valence-corrected chi connectivity index (χ2v) is 12.7. The van der Waals surface area contributed by atoms with Crippen LogP contribution < -0.4 is 0 Å². The lowest BCUT2D eigenvalue weighted by Crippen LogP contribution is -2.58. The minimum atomic E-state index is 0.457. The van der Waals surface area contributed by atoms with Crippen LogP contribution in [0, 0.1) is 52.3 Å². The number of methoxy groups -OCH3 is 1. The Labute approximate surface area is 182 Å². The topological polar surface area (TPSA) is 9.23 Å². The van der Waals surface area contributed by atoms with Crippen molar-refractivity contribution in [3.63, 3.8) is 0 Å². The van der Waals surface area contributed by atoms with E-state index in [2.05, 4.69) is 34.6 Å². The summed E-state index contributed by atoms with van der Waals surface area (Å²) in [6.07, 6.45) is 18.0. The van der Waals surface area contributed by atoms with Crippen LogP contribution in [-0.2, 0) is 4.74 Å². The van der Waals surface area contributed by atoms with Crippen molar-refractivity contribution in [3.05, 3.63) is 0 Å². The highest BCUT2D eigenvalue weighted by atomic mass is 16.5. The molecule has 0 radical (unpaired) electrons. The Morgan fingerprint density at radius 1 is 0.862 bits per heavy atom. The Balaban J connectivity index is 1.50. The molecule has 4 aliphatic carbocycles. The van der Waals surface area contributed by atoms with Crippen LogP contribution in [0.1, 0.15) is 112 Å². The summed E-state index contributed by atoms with van der Waals surface area (Å²) < 4.78 is 6.17. The molecule has 4 saturated carbocycles. The van der Waals surface area contributed by atoms with Crippen molar-refractivity contribution in [1.82, 2.24) is 0 Å². The second-order valence-electron chi connectivity index (χ2n) is 12.7. The minimum absolute atomic E-state index is 0.457. The van der Waals surface area contributed by atoms with Crippen LogP contribution in [0.25, 0.3) is 0 Å². The first-order valence-electron chi connectivity index (χ1n) is 13.3. The summed E-state index contributed by atoms with van der Waals surface area (Å²) in [6.45, 7) is 12.8. The third kappa shape index (κ3) is 3.64. The summed E-state index contributed by atoms with van der Waals surface area (Å²) >= 11 is 0. The molecule has 4 aliphatic rings. The van der Waals surface area contributed by atoms with Gasteiger partial charge in [-0.05, 0) is 104 Å². The number of hydrogen-bond donors (Lipinski definition) is 0. The molecule has 168 valence electrons. The third-order valence-electron chi connectivity index (χ3n) is 11.2. The van der Waals surface area contributed by atoms with E-state index in [9.17, 15) is 0 Å². The number of ether oxygens (including phenoxy) is 1. The Morgan fingerprint density at radius 2 is 1.66 bits per heavy atom. The standard InChI is InChI=1S/C28H50O/c1-19(2)9-7-10-20(3)23-15-16-24-22-14-13-21-11-8-12-26(29-6)28(21,5)25(22)17-18-27(23,24)4/h19-26H,7-18H2,1-6H3/t20-,21+,22+,23-,24-,25-,26?,27+,28-/m0/s1. The van der Waals surface area contributed by atoms with Gasteiger partial charge in [0.25, 0.3) is 0 Å². The fourth-order valence-electron chi connectivity index (χ4n) is 9.68. The molecule has 0 saturated heterocycles. The molecule has 0 aromatic rings. The summed E-state index contributed by atoms with van der Waals surface area (Å²) in [5.74, 6) is 6.61. The number of hydrogen-bond acceptors (Lipinski definition) is 1. The predicted octanol–water partition coefficient (Wildman–Crippen LogP) is 8.12. The molecular formula is C28H50O. The first-order valence-corrected chi connectivity index (χ1v) is 13.3. The van der Waals surface area contributed by atoms with E-state index < -0.39 is 0 Å². The summed E-state index contributed by atoms with van der Waals surface area (Å²) in [7, 11) is 2.00. The van der Waals surface area contributed by atoms with Crippen molar-refractivity contribution in [2.75, 3.05) is 7.11 Å². The van der Waals surface area contributed by atoms with Gasteiger partial charge in [0, 0.05) is 7.11 Å². The fourth-order valence-corrected chi connectivity index (χ4v) is 9.68. The van der Waals surface area contributed by atoms with Crippen molar-refractivity contribution in [2.24, 2.45) is 52.3 Å². The number of fused-ring (bicyclic) bond motifs is 5. The van der Waals surface area contributed by atoms with Gasteiger partial charge in [-0.25, -0.2) is 0 Å². The van der Waals surface area contributed by atoms with Gasteiger partial charge in [-0.2, -0.15) is 0 Å². The first kappa shape index (κ1) is 22.2. The molecule has 0 aliphatic heterocycles. The highest BCUT2D eigenvalue weighted by molar-refractivity contribution is 5.11. The molecule has 1 unspecified atom stereocenters. The SMILES string of the molecule is COC1CCC[C@@H]2CC[C@@H]3[C@@H]4CC[C@@H]([C@@H](C)CCCC(C)C)[C@@]4(C)CC[C@@H]3[C@@]12C. The number of rotatable bonds is 6. The van der Waals surface area contributed by atoms with E-state index in [1.54, 1.807) is 0 Å². The molecule has 0 bridgehead atoms. The van der Waals surface area contributed by atoms with E-state index in [4.69, 9.17) is 4.74 Å². The maximum absolute atomic E-state index is 6.17. The Hall–Kier alpha value is -0.0400. The minimum Gasteiger partial charge on any atom is -0.381 e. The molecule has 29 heavy (non-hydrogen) atoms. The summed E-state index contributed by atoms with van der Waals surface area (Å²) in [5, 5.41) is 0. The van der Waals surface area contributed by atoms with Crippen molar-refractivity contribution in [3.8, 4) is 0 Å². The summed E-state index contributed by atoms with van der Waals surface area (Å²) in [5.41, 5.74) is 1.08. The van der Waals surface area contributed by atoms with Gasteiger partial charge in [0.1, 0.15) is 0 Å². The molecular weight excluding hydrogens is 352 g/mol. The maximum atomic E-state index is 6.17. The second kappa shape index (κ2) is 8.48. The van der Waals surface area contributed by atoms with Gasteiger partial charge in [0.15, 0.2) is 0 Å². The van der Waals surface area contributed by atoms with Crippen LogP contribution >= 0.6 is 0 Å². The fraction of sp³-hybridized carbons (Fsp3) is 1.00. The normalized spacial score (nSPS) is 48.1. The Morgan fingerprint density at radius 3 is 2.38 bits per heavy atom. The molecule has 0 N–H and O–H groups in total. The van der Waals surface area contributed by atoms with Crippen molar-refractivity contribution in [2.45, 2.75) is 118 Å². The molecule has 0 aromatic heterocycles. The lowest BCUT2D eigenvalue weighted by atomic mass is 9.44. The van der Waals surface area contributed by atoms with E-state index in [1.807, 2.05) is 7.11 Å². The third-order valence-corrected chi connectivity index (χ3v) is 11.2. The average molecular weight is 403 g/mol. The van der Waals surface area contributed by atoms with Crippen molar-refractivity contribution < 1.29 is 4.74 Å². The molecule has 0 heterocycles. The zero-order chi connectivity index (χ0) is 20.8. The molecule has 1 nitrogen and oxygen atoms in total. The van der Waals surface area contributed by atoms with Crippen LogP contribution in [0.5, 0.6) is 0 Å². The monoisotopic (exact) mass is 402 g/mol. The summed E-state index contributed by atoms with van der Waals surface area (Å²) in [6, 6.07) is 0. The van der Waals surface area contributed by atoms with E-state index in [0.29, 0.717) is 16.9 Å². The van der Waals surface area contributed by atoms with Crippen molar-refractivity contribution >= 4 is 0 Å². The highest BCUT2D eigenvalue weighted by Crippen LogP contribution is 2.68. The highest BCUT2D eigenvalue weighted by Gasteiger charge is 2.62. The Bertz CT molecular complexity index is 547. The zero-order valence-electron chi connectivity index (χ0n) is 20.5. The smallest absolute Gasteiger partial charge is 0.0630 e. The van der Waals surface area contributed by atoms with Crippen LogP contribution in [0.2, 0.25) is 0 Å². The van der Waals surface area contributed by atoms with E-state index in [1.165, 1.54) is 77.0 Å².